The van der Waals surface area contributed by atoms with Crippen LogP contribution in [0.25, 0.3) is 10.9 Å². The van der Waals surface area contributed by atoms with Gasteiger partial charge in [0.1, 0.15) is 11.7 Å². The van der Waals surface area contributed by atoms with Crippen LogP contribution < -0.4 is 10.9 Å². The van der Waals surface area contributed by atoms with E-state index in [1.54, 1.807) is 0 Å². The van der Waals surface area contributed by atoms with Crippen molar-refractivity contribution in [3.8, 4) is 0 Å². The number of nitrogens with zero attached hydrogens (tertiary/aromatic N) is 2. The van der Waals surface area contributed by atoms with E-state index in [0.717, 1.165) is 22.0 Å². The molecule has 0 saturated heterocycles. The number of amides is 1. The molecule has 0 saturated carbocycles. The number of ether oxygens (including phenoxy) is 1. The third kappa shape index (κ3) is 4.59. The second-order valence-corrected chi connectivity index (χ2v) is 7.31. The van der Waals surface area contributed by atoms with Gasteiger partial charge in [0.15, 0.2) is 0 Å². The van der Waals surface area contributed by atoms with Crippen LogP contribution in [0.4, 0.5) is 0 Å². The summed E-state index contributed by atoms with van der Waals surface area (Å²) in [5.74, 6) is -1.14. The SMILES string of the molecule is COC(=O)[C@H](Cc1c[nH]c2ccccc12)NC(=O)c1ccc(=O)n(Cc2ccccc2)n1. The predicted molar refractivity (Wildman–Crippen MR) is 119 cm³/mol. The fourth-order valence-electron chi connectivity index (χ4n) is 3.53. The van der Waals surface area contributed by atoms with Crippen LogP contribution in [0.1, 0.15) is 21.6 Å². The van der Waals surface area contributed by atoms with Crippen molar-refractivity contribution >= 4 is 22.8 Å². The Kier molecular flexibility index (Phi) is 6.12. The minimum absolute atomic E-state index is 0.0355. The molecule has 0 aliphatic rings. The molecule has 4 aromatic rings. The molecule has 1 atom stereocenters. The first kappa shape index (κ1) is 21.0. The van der Waals surface area contributed by atoms with Gasteiger partial charge in [-0.1, -0.05) is 48.5 Å². The number of para-hydroxylation sites is 1. The Balaban J connectivity index is 1.55. The van der Waals surface area contributed by atoms with Gasteiger partial charge in [-0.3, -0.25) is 9.59 Å². The summed E-state index contributed by atoms with van der Waals surface area (Å²) in [7, 11) is 1.27. The number of carbonyl (C=O) groups is 2. The Morgan fingerprint density at radius 3 is 2.59 bits per heavy atom. The van der Waals surface area contributed by atoms with E-state index >= 15 is 0 Å². The smallest absolute Gasteiger partial charge is 0.328 e. The maximum absolute atomic E-state index is 12.9. The number of rotatable bonds is 7. The van der Waals surface area contributed by atoms with E-state index in [0.29, 0.717) is 0 Å². The van der Waals surface area contributed by atoms with E-state index in [9.17, 15) is 14.4 Å². The predicted octanol–water partition coefficient (Wildman–Crippen LogP) is 2.29. The zero-order valence-corrected chi connectivity index (χ0v) is 17.4. The lowest BCUT2D eigenvalue weighted by Crippen LogP contribution is -2.43. The zero-order chi connectivity index (χ0) is 22.5. The molecule has 0 unspecified atom stereocenters. The Morgan fingerprint density at radius 1 is 1.06 bits per heavy atom. The molecule has 32 heavy (non-hydrogen) atoms. The number of benzene rings is 2. The molecule has 2 heterocycles. The van der Waals surface area contributed by atoms with Crippen LogP contribution in [0.3, 0.4) is 0 Å². The first-order chi connectivity index (χ1) is 15.5. The average molecular weight is 430 g/mol. The highest BCUT2D eigenvalue weighted by atomic mass is 16.5. The van der Waals surface area contributed by atoms with E-state index in [1.165, 1.54) is 23.9 Å². The lowest BCUT2D eigenvalue weighted by molar-refractivity contribution is -0.142. The number of hydrogen-bond donors (Lipinski definition) is 2. The second kappa shape index (κ2) is 9.30. The van der Waals surface area contributed by atoms with Crippen LogP contribution in [0, 0.1) is 0 Å². The topological polar surface area (TPSA) is 106 Å². The van der Waals surface area contributed by atoms with Gasteiger partial charge < -0.3 is 15.0 Å². The summed E-state index contributed by atoms with van der Waals surface area (Å²) in [5, 5.41) is 7.84. The quantitative estimate of drug-likeness (QED) is 0.438. The largest absolute Gasteiger partial charge is 0.467 e. The monoisotopic (exact) mass is 430 g/mol. The van der Waals surface area contributed by atoms with Crippen molar-refractivity contribution in [2.75, 3.05) is 7.11 Å². The molecule has 0 bridgehead atoms. The lowest BCUT2D eigenvalue weighted by Gasteiger charge is -2.16. The Labute approximate surface area is 183 Å². The van der Waals surface area contributed by atoms with Crippen molar-refractivity contribution in [2.45, 2.75) is 19.0 Å². The normalized spacial score (nSPS) is 11.8. The summed E-state index contributed by atoms with van der Waals surface area (Å²) in [5.41, 5.74) is 2.40. The van der Waals surface area contributed by atoms with E-state index in [2.05, 4.69) is 15.4 Å². The number of hydrogen-bond acceptors (Lipinski definition) is 5. The van der Waals surface area contributed by atoms with Gasteiger partial charge in [0, 0.05) is 29.6 Å². The number of fused-ring (bicyclic) bond motifs is 1. The molecule has 0 fully saturated rings. The number of aromatic amines is 1. The molecular weight excluding hydrogens is 408 g/mol. The number of methoxy groups -OCH3 is 1. The molecule has 0 aliphatic heterocycles. The summed E-state index contributed by atoms with van der Waals surface area (Å²) >= 11 is 0. The average Bonchev–Trinajstić information content (AvgIpc) is 3.23. The lowest BCUT2D eigenvalue weighted by atomic mass is 10.0. The number of aromatic nitrogens is 3. The van der Waals surface area contributed by atoms with Gasteiger partial charge in [0.25, 0.3) is 11.5 Å². The van der Waals surface area contributed by atoms with Crippen molar-refractivity contribution in [2.24, 2.45) is 0 Å². The standard InChI is InChI=1S/C24H22N4O4/c1-32-24(31)21(13-17-14-25-19-10-6-5-9-18(17)19)26-23(30)20-11-12-22(29)28(27-20)15-16-7-3-2-4-8-16/h2-12,14,21,25H,13,15H2,1H3,(H,26,30)/t21-/m0/s1. The zero-order valence-electron chi connectivity index (χ0n) is 17.4. The number of carbonyl (C=O) groups excluding carboxylic acids is 2. The molecule has 4 rings (SSSR count). The first-order valence-corrected chi connectivity index (χ1v) is 10.1. The fraction of sp³-hybridized carbons (Fsp3) is 0.167. The van der Waals surface area contributed by atoms with Gasteiger partial charge in [-0.2, -0.15) is 5.10 Å². The summed E-state index contributed by atoms with van der Waals surface area (Å²) in [6.45, 7) is 0.233. The van der Waals surface area contributed by atoms with E-state index < -0.39 is 17.9 Å². The van der Waals surface area contributed by atoms with Crippen LogP contribution in [0.15, 0.2) is 77.7 Å². The molecule has 2 aromatic carbocycles. The van der Waals surface area contributed by atoms with Crippen LogP contribution >= 0.6 is 0 Å². The van der Waals surface area contributed by atoms with Crippen LogP contribution in [0.5, 0.6) is 0 Å². The van der Waals surface area contributed by atoms with Crippen molar-refractivity contribution in [3.05, 3.63) is 100 Å². The fourth-order valence-corrected chi connectivity index (χ4v) is 3.53. The molecule has 2 aromatic heterocycles. The highest BCUT2D eigenvalue weighted by Gasteiger charge is 2.24. The Bertz CT molecular complexity index is 1310. The maximum atomic E-state index is 12.9. The van der Waals surface area contributed by atoms with Crippen LogP contribution in [-0.4, -0.2) is 39.8 Å². The van der Waals surface area contributed by atoms with E-state index in [-0.39, 0.29) is 24.2 Å². The highest BCUT2D eigenvalue weighted by molar-refractivity contribution is 5.95. The Hall–Kier alpha value is -4.20. The van der Waals surface area contributed by atoms with Gasteiger partial charge in [-0.15, -0.1) is 0 Å². The van der Waals surface area contributed by atoms with Gasteiger partial charge >= 0.3 is 5.97 Å². The summed E-state index contributed by atoms with van der Waals surface area (Å²) in [6, 6.07) is 18.8. The van der Waals surface area contributed by atoms with Crippen molar-refractivity contribution in [1.82, 2.24) is 20.1 Å². The summed E-state index contributed by atoms with van der Waals surface area (Å²) < 4.78 is 6.11. The summed E-state index contributed by atoms with van der Waals surface area (Å²) in [6.07, 6.45) is 2.05. The molecular formula is C24H22N4O4. The molecule has 0 aliphatic carbocycles. The molecule has 162 valence electrons. The van der Waals surface area contributed by atoms with Gasteiger partial charge in [-0.05, 0) is 23.3 Å². The van der Waals surface area contributed by atoms with Crippen molar-refractivity contribution < 1.29 is 14.3 Å². The number of nitrogens with one attached hydrogen (secondary N) is 2. The van der Waals surface area contributed by atoms with Gasteiger partial charge in [0.05, 0.1) is 13.7 Å². The van der Waals surface area contributed by atoms with Gasteiger partial charge in [0.2, 0.25) is 0 Å². The van der Waals surface area contributed by atoms with Crippen molar-refractivity contribution in [1.29, 1.82) is 0 Å². The second-order valence-electron chi connectivity index (χ2n) is 7.31. The maximum Gasteiger partial charge on any atom is 0.328 e. The minimum atomic E-state index is -0.914. The molecule has 8 nitrogen and oxygen atoms in total. The van der Waals surface area contributed by atoms with Crippen LogP contribution in [0.2, 0.25) is 0 Å². The first-order valence-electron chi connectivity index (χ1n) is 10.1. The van der Waals surface area contributed by atoms with E-state index in [1.807, 2.05) is 60.8 Å². The highest BCUT2D eigenvalue weighted by Crippen LogP contribution is 2.19. The van der Waals surface area contributed by atoms with Crippen LogP contribution in [-0.2, 0) is 22.5 Å². The molecule has 1 amide bonds. The minimum Gasteiger partial charge on any atom is -0.467 e. The number of esters is 1. The Morgan fingerprint density at radius 2 is 1.81 bits per heavy atom. The molecule has 0 spiro atoms. The third-order valence-corrected chi connectivity index (χ3v) is 5.16. The summed E-state index contributed by atoms with van der Waals surface area (Å²) in [4.78, 5) is 40.6. The molecule has 8 heteroatoms. The van der Waals surface area contributed by atoms with Crippen molar-refractivity contribution in [3.63, 3.8) is 0 Å². The number of H-pyrrole nitrogens is 1. The van der Waals surface area contributed by atoms with E-state index in [4.69, 9.17) is 4.74 Å². The van der Waals surface area contributed by atoms with Gasteiger partial charge in [-0.25, -0.2) is 9.48 Å². The molecule has 2 N–H and O–H groups in total. The third-order valence-electron chi connectivity index (χ3n) is 5.16. The molecule has 0 radical (unpaired) electrons.